The lowest BCUT2D eigenvalue weighted by Gasteiger charge is -2.50. The summed E-state index contributed by atoms with van der Waals surface area (Å²) in [5, 5.41) is 11.0. The maximum Gasteiger partial charge on any atom is 0.194 e. The Bertz CT molecular complexity index is 2840. The molecule has 0 N–H and O–H groups in total. The van der Waals surface area contributed by atoms with Crippen molar-refractivity contribution in [3.05, 3.63) is 166 Å². The molecule has 1 heterocycles. The molecule has 0 saturated carbocycles. The van der Waals surface area contributed by atoms with Gasteiger partial charge in [0.25, 0.3) is 0 Å². The van der Waals surface area contributed by atoms with Crippen LogP contribution >= 0.6 is 0 Å². The zero-order valence-corrected chi connectivity index (χ0v) is 30.5. The van der Waals surface area contributed by atoms with Gasteiger partial charge in [-0.15, -0.1) is 0 Å². The van der Waals surface area contributed by atoms with E-state index < -0.39 is 21.9 Å². The van der Waals surface area contributed by atoms with E-state index in [0.29, 0.717) is 0 Å². The lowest BCUT2D eigenvalue weighted by Crippen LogP contribution is -2.50. The summed E-state index contributed by atoms with van der Waals surface area (Å²) in [6.45, 7) is 13.0. The second kappa shape index (κ2) is 10.2. The molecule has 0 aromatic heterocycles. The van der Waals surface area contributed by atoms with Gasteiger partial charge in [0.15, 0.2) is 11.4 Å². The Balaban J connectivity index is 1.51. The number of carbonyl (C=O) groups excluding carboxylic acids is 1. The van der Waals surface area contributed by atoms with Crippen LogP contribution in [0.15, 0.2) is 155 Å². The number of hydrogen-bond donors (Lipinski definition) is 0. The molecule has 3 heteroatoms. The van der Waals surface area contributed by atoms with Crippen molar-refractivity contribution in [2.75, 3.05) is 0 Å². The fraction of sp³-hybridized carbons (Fsp3) is 0.204. The molecule has 1 aliphatic heterocycles. The van der Waals surface area contributed by atoms with Gasteiger partial charge in [0.1, 0.15) is 0 Å². The first kappa shape index (κ1) is 31.1. The minimum Gasteiger partial charge on any atom is -0.289 e. The highest BCUT2D eigenvalue weighted by molar-refractivity contribution is 6.14. The molecule has 0 amide bonds. The quantitative estimate of drug-likeness (QED) is 0.148. The Morgan fingerprint density at radius 1 is 0.442 bits per heavy atom. The first-order valence-electron chi connectivity index (χ1n) is 18.4. The summed E-state index contributed by atoms with van der Waals surface area (Å²) in [4.78, 5) is 26.8. The van der Waals surface area contributed by atoms with E-state index in [9.17, 15) is 4.79 Å². The molecule has 2 spiro atoms. The van der Waals surface area contributed by atoms with Crippen LogP contribution in [0.5, 0.6) is 0 Å². The van der Waals surface area contributed by atoms with Crippen LogP contribution in [0, 0.1) is 10.8 Å². The van der Waals surface area contributed by atoms with Gasteiger partial charge in [0.2, 0.25) is 0 Å². The van der Waals surface area contributed by atoms with E-state index in [-0.39, 0.29) is 5.78 Å². The summed E-state index contributed by atoms with van der Waals surface area (Å²) in [6.07, 6.45) is 4.55. The predicted octanol–water partition coefficient (Wildman–Crippen LogP) is 10.9. The number of Topliss-reactive ketones (excluding diaryl/α,β-unsaturated/α-hetero) is 1. The van der Waals surface area contributed by atoms with Crippen molar-refractivity contribution in [3.63, 3.8) is 0 Å². The van der Waals surface area contributed by atoms with Crippen molar-refractivity contribution in [2.45, 2.75) is 52.6 Å². The van der Waals surface area contributed by atoms with Crippen LogP contribution in [0.1, 0.15) is 52.7 Å². The third kappa shape index (κ3) is 3.94. The normalized spacial score (nSPS) is 17.2. The fourth-order valence-electron chi connectivity index (χ4n) is 9.36. The van der Waals surface area contributed by atoms with Crippen molar-refractivity contribution in [3.8, 4) is 11.1 Å². The van der Waals surface area contributed by atoms with E-state index in [1.807, 2.05) is 0 Å². The zero-order valence-electron chi connectivity index (χ0n) is 30.5. The Hall–Kier alpha value is -5.67. The van der Waals surface area contributed by atoms with Gasteiger partial charge in [0, 0.05) is 27.5 Å². The molecular formula is C49H40N2O. The highest BCUT2D eigenvalue weighted by Crippen LogP contribution is 2.63. The van der Waals surface area contributed by atoms with Gasteiger partial charge in [-0.3, -0.25) is 4.79 Å². The molecule has 3 nitrogen and oxygen atoms in total. The third-order valence-electron chi connectivity index (χ3n) is 11.8. The average Bonchev–Trinajstić information content (AvgIpc) is 3.55. The van der Waals surface area contributed by atoms with Crippen LogP contribution in [0.4, 0.5) is 0 Å². The van der Waals surface area contributed by atoms with Gasteiger partial charge in [0.05, 0.1) is 16.1 Å². The Morgan fingerprint density at radius 2 is 0.827 bits per heavy atom. The molecule has 7 aromatic carbocycles. The van der Waals surface area contributed by atoms with Gasteiger partial charge in [-0.2, -0.15) is 0 Å². The summed E-state index contributed by atoms with van der Waals surface area (Å²) >= 11 is 0. The highest BCUT2D eigenvalue weighted by atomic mass is 16.1. The second-order valence-corrected chi connectivity index (χ2v) is 16.9. The van der Waals surface area contributed by atoms with E-state index in [4.69, 9.17) is 9.98 Å². The summed E-state index contributed by atoms with van der Waals surface area (Å²) < 4.78 is 0. The van der Waals surface area contributed by atoms with E-state index in [1.54, 1.807) is 0 Å². The van der Waals surface area contributed by atoms with Crippen LogP contribution in [-0.2, 0) is 15.9 Å². The number of fused-ring (bicyclic) bond motifs is 16. The smallest absolute Gasteiger partial charge is 0.194 e. The standard InChI is InChI=1S/C49H40N2O/c1-46(2,3)39-27-48(28-40(45(39)52)47(4,5)6)37-25-23-29-15-7-9-17-31(29)41(37)42-32-18-10-8-16-30(32)24-26-38(42)49(48)50-43-35-21-13-11-19-33(35)34-20-12-14-22-36(34)44(43)51-49/h7-28H,1-6H3. The molecule has 0 unspecified atom stereocenters. The Labute approximate surface area is 303 Å². The molecule has 0 radical (unpaired) electrons. The third-order valence-corrected chi connectivity index (χ3v) is 11.8. The monoisotopic (exact) mass is 672 g/mol. The van der Waals surface area contributed by atoms with Crippen LogP contribution in [0.3, 0.4) is 0 Å². The Kier molecular flexibility index (Phi) is 6.12. The predicted molar refractivity (Wildman–Crippen MR) is 214 cm³/mol. The van der Waals surface area contributed by atoms with E-state index in [0.717, 1.165) is 49.3 Å². The van der Waals surface area contributed by atoms with Crippen molar-refractivity contribution < 1.29 is 4.79 Å². The molecule has 0 fully saturated rings. The molecule has 3 aliphatic rings. The van der Waals surface area contributed by atoms with Crippen LogP contribution in [0.2, 0.25) is 0 Å². The van der Waals surface area contributed by atoms with Crippen molar-refractivity contribution in [2.24, 2.45) is 20.8 Å². The van der Waals surface area contributed by atoms with Crippen molar-refractivity contribution in [1.29, 1.82) is 0 Å². The molecule has 0 saturated heterocycles. The number of allylic oxidation sites excluding steroid dienone is 2. The van der Waals surface area contributed by atoms with Crippen LogP contribution < -0.4 is 10.7 Å². The number of rotatable bonds is 0. The number of hydrogen-bond acceptors (Lipinski definition) is 3. The zero-order chi connectivity index (χ0) is 35.8. The summed E-state index contributed by atoms with van der Waals surface area (Å²) in [7, 11) is 0. The van der Waals surface area contributed by atoms with Crippen molar-refractivity contribution in [1.82, 2.24) is 0 Å². The minimum atomic E-state index is -1.15. The van der Waals surface area contributed by atoms with Crippen molar-refractivity contribution >= 4 is 48.9 Å². The van der Waals surface area contributed by atoms with Gasteiger partial charge in [-0.1, -0.05) is 175 Å². The largest absolute Gasteiger partial charge is 0.289 e. The van der Waals surface area contributed by atoms with Crippen LogP contribution in [-0.4, -0.2) is 5.78 Å². The first-order chi connectivity index (χ1) is 24.9. The maximum absolute atomic E-state index is 14.8. The lowest BCUT2D eigenvalue weighted by atomic mass is 9.54. The Morgan fingerprint density at radius 3 is 1.29 bits per heavy atom. The molecule has 0 atom stereocenters. The molecule has 7 aromatic rings. The van der Waals surface area contributed by atoms with Gasteiger partial charge < -0.3 is 0 Å². The molecule has 252 valence electrons. The minimum absolute atomic E-state index is 0.110. The summed E-state index contributed by atoms with van der Waals surface area (Å²) in [5.74, 6) is 0.110. The molecule has 2 aliphatic carbocycles. The number of ketones is 1. The molecule has 52 heavy (non-hydrogen) atoms. The van der Waals surface area contributed by atoms with E-state index in [1.165, 1.54) is 37.9 Å². The van der Waals surface area contributed by atoms with Crippen LogP contribution in [0.25, 0.3) is 54.2 Å². The number of benzene rings is 7. The lowest BCUT2D eigenvalue weighted by molar-refractivity contribution is -0.114. The second-order valence-electron chi connectivity index (χ2n) is 16.9. The van der Waals surface area contributed by atoms with E-state index in [2.05, 4.69) is 175 Å². The summed E-state index contributed by atoms with van der Waals surface area (Å²) in [6, 6.07) is 43.7. The average molecular weight is 673 g/mol. The topological polar surface area (TPSA) is 41.8 Å². The molecular weight excluding hydrogens is 633 g/mol. The highest BCUT2D eigenvalue weighted by Gasteiger charge is 2.60. The number of nitrogens with zero attached hydrogens (tertiary/aromatic N) is 2. The first-order valence-corrected chi connectivity index (χ1v) is 18.4. The summed E-state index contributed by atoms with van der Waals surface area (Å²) in [5.41, 5.74) is 3.21. The van der Waals surface area contributed by atoms with Gasteiger partial charge >= 0.3 is 0 Å². The molecule has 10 rings (SSSR count). The molecule has 0 bridgehead atoms. The number of carbonyl (C=O) groups is 1. The fourth-order valence-corrected chi connectivity index (χ4v) is 9.36. The SMILES string of the molecule is CC(C)(C)C1=CC2(C=C(C(C)(C)C)C1=O)c1ccc3ccccc3c1-c1c(ccc3ccccc13)C21N=c2c(c3ccccc3c3ccccc23)=N1. The maximum atomic E-state index is 14.8. The van der Waals surface area contributed by atoms with E-state index >= 15 is 0 Å². The van der Waals surface area contributed by atoms with Gasteiger partial charge in [-0.25, -0.2) is 9.98 Å². The van der Waals surface area contributed by atoms with Gasteiger partial charge in [-0.05, 0) is 59.8 Å².